The summed E-state index contributed by atoms with van der Waals surface area (Å²) in [6.07, 6.45) is 1.08. The molecule has 1 heterocycles. The van der Waals surface area contributed by atoms with Crippen molar-refractivity contribution in [2.75, 3.05) is 6.26 Å². The molecule has 4 nitrogen and oxygen atoms in total. The second kappa shape index (κ2) is 5.94. The van der Waals surface area contributed by atoms with Gasteiger partial charge in [-0.05, 0) is 29.5 Å². The quantitative estimate of drug-likeness (QED) is 0.671. The van der Waals surface area contributed by atoms with Gasteiger partial charge in [-0.1, -0.05) is 38.1 Å². The van der Waals surface area contributed by atoms with E-state index in [4.69, 9.17) is 0 Å². The molecule has 124 valence electrons. The van der Waals surface area contributed by atoms with Gasteiger partial charge in [-0.2, -0.15) is 0 Å². The van der Waals surface area contributed by atoms with Crippen molar-refractivity contribution >= 4 is 20.6 Å². The smallest absolute Gasteiger partial charge is 0.223 e. The zero-order valence-electron chi connectivity index (χ0n) is 14.6. The van der Waals surface area contributed by atoms with Crippen LogP contribution in [-0.2, 0) is 9.84 Å². The van der Waals surface area contributed by atoms with Crippen molar-refractivity contribution in [2.24, 2.45) is 0 Å². The van der Waals surface area contributed by atoms with Gasteiger partial charge in [0.2, 0.25) is 15.0 Å². The fourth-order valence-electron chi connectivity index (χ4n) is 2.53. The second-order valence-electron chi connectivity index (χ2n) is 6.03. The Morgan fingerprint density at radius 2 is 1.71 bits per heavy atom. The fraction of sp³-hybridized carbons (Fsp3) is 0.222. The molecule has 0 amide bonds. The lowest BCUT2D eigenvalue weighted by Gasteiger charge is -2.12. The highest BCUT2D eigenvalue weighted by atomic mass is 32.2. The van der Waals surface area contributed by atoms with Crippen LogP contribution in [0, 0.1) is 5.82 Å². The van der Waals surface area contributed by atoms with Gasteiger partial charge in [-0.3, -0.25) is 0 Å². The summed E-state index contributed by atoms with van der Waals surface area (Å²) >= 11 is 0. The predicted octanol–water partition coefficient (Wildman–Crippen LogP) is 4.08. The first-order valence-electron chi connectivity index (χ1n) is 7.54. The highest BCUT2D eigenvalue weighted by Crippen LogP contribution is 2.30. The topological polar surface area (TPSA) is 59.9 Å². The van der Waals surface area contributed by atoms with Crippen molar-refractivity contribution in [3.05, 3.63) is 54.0 Å². The standard InChI is InChI=1S/C18H17FN2O2S/c1-11(2)16-10-17(21-18(20-16)24(3,22)23)14-8-9-15(19)13-7-5-4-6-12(13)14/h4-11H,1-3H3/p+1. The van der Waals surface area contributed by atoms with Crippen molar-refractivity contribution in [3.8, 4) is 11.3 Å². The molecule has 0 bridgehead atoms. The first kappa shape index (κ1) is 16.5. The van der Waals surface area contributed by atoms with Crippen molar-refractivity contribution in [1.82, 2.24) is 9.97 Å². The number of aromatic nitrogens is 2. The van der Waals surface area contributed by atoms with E-state index in [1.165, 1.54) is 6.07 Å². The maximum Gasteiger partial charge on any atom is 1.00 e. The van der Waals surface area contributed by atoms with E-state index in [-0.39, 0.29) is 18.3 Å². The lowest BCUT2D eigenvalue weighted by molar-refractivity contribution is 0.591. The minimum absolute atomic E-state index is 0. The number of sulfone groups is 1. The zero-order valence-corrected chi connectivity index (χ0v) is 14.4. The van der Waals surface area contributed by atoms with Crippen LogP contribution in [0.3, 0.4) is 0 Å². The molecule has 24 heavy (non-hydrogen) atoms. The molecule has 0 unspecified atom stereocenters. The number of fused-ring (bicyclic) bond motifs is 1. The van der Waals surface area contributed by atoms with Gasteiger partial charge >= 0.3 is 1.43 Å². The molecule has 0 aliphatic heterocycles. The molecular weight excluding hydrogens is 327 g/mol. The van der Waals surface area contributed by atoms with Crippen LogP contribution in [0.1, 0.15) is 26.9 Å². The van der Waals surface area contributed by atoms with Crippen LogP contribution < -0.4 is 0 Å². The Morgan fingerprint density at radius 1 is 1.04 bits per heavy atom. The summed E-state index contributed by atoms with van der Waals surface area (Å²) in [4.78, 5) is 8.37. The first-order chi connectivity index (χ1) is 11.3. The van der Waals surface area contributed by atoms with Crippen molar-refractivity contribution < 1.29 is 14.2 Å². The number of hydrogen-bond acceptors (Lipinski definition) is 4. The van der Waals surface area contributed by atoms with Crippen molar-refractivity contribution in [3.63, 3.8) is 0 Å². The molecular formula is C18H18FN2O2S+. The Bertz CT molecular complexity index is 1040. The molecule has 0 atom stereocenters. The van der Waals surface area contributed by atoms with Gasteiger partial charge in [-0.25, -0.2) is 22.8 Å². The largest absolute Gasteiger partial charge is 1.00 e. The van der Waals surface area contributed by atoms with Gasteiger partial charge in [0.15, 0.2) is 0 Å². The number of benzene rings is 2. The van der Waals surface area contributed by atoms with E-state index in [1.54, 1.807) is 30.3 Å². The van der Waals surface area contributed by atoms with E-state index in [2.05, 4.69) is 9.97 Å². The van der Waals surface area contributed by atoms with Gasteiger partial charge in [-0.15, -0.1) is 0 Å². The minimum Gasteiger partial charge on any atom is -0.223 e. The summed E-state index contributed by atoms with van der Waals surface area (Å²) < 4.78 is 37.9. The fourth-order valence-corrected chi connectivity index (χ4v) is 3.06. The van der Waals surface area contributed by atoms with Crippen LogP contribution in [0.5, 0.6) is 0 Å². The van der Waals surface area contributed by atoms with Crippen molar-refractivity contribution in [2.45, 2.75) is 24.9 Å². The van der Waals surface area contributed by atoms with Gasteiger partial charge < -0.3 is 0 Å². The molecule has 6 heteroatoms. The molecule has 3 rings (SSSR count). The number of rotatable bonds is 3. The molecule has 0 spiro atoms. The Morgan fingerprint density at radius 3 is 2.33 bits per heavy atom. The maximum atomic E-state index is 14.0. The third-order valence-corrected chi connectivity index (χ3v) is 4.64. The zero-order chi connectivity index (χ0) is 17.5. The third kappa shape index (κ3) is 3.01. The SMILES string of the molecule is CC(C)c1cc(-c2ccc(F)c3ccccc23)nc(S(C)(=O)=O)n1.[H+]. The van der Waals surface area contributed by atoms with E-state index in [0.29, 0.717) is 27.7 Å². The van der Waals surface area contributed by atoms with E-state index in [1.807, 2.05) is 19.9 Å². The molecule has 0 N–H and O–H groups in total. The second-order valence-corrected chi connectivity index (χ2v) is 7.94. The molecule has 0 saturated carbocycles. The Labute approximate surface area is 141 Å². The molecule has 2 aromatic carbocycles. The van der Waals surface area contributed by atoms with Crippen molar-refractivity contribution in [1.29, 1.82) is 0 Å². The number of nitrogens with zero attached hydrogens (tertiary/aromatic N) is 2. The average Bonchev–Trinajstić information content (AvgIpc) is 2.54. The number of halogens is 1. The van der Waals surface area contributed by atoms with E-state index >= 15 is 0 Å². The Balaban J connectivity index is 0.00000225. The summed E-state index contributed by atoms with van der Waals surface area (Å²) in [5, 5.41) is 0.947. The van der Waals surface area contributed by atoms with Crippen LogP contribution in [0.4, 0.5) is 4.39 Å². The van der Waals surface area contributed by atoms with E-state index in [0.717, 1.165) is 6.26 Å². The summed E-state index contributed by atoms with van der Waals surface area (Å²) in [5.74, 6) is -0.283. The normalized spacial score (nSPS) is 12.0. The predicted molar refractivity (Wildman–Crippen MR) is 93.2 cm³/mol. The monoisotopic (exact) mass is 345 g/mol. The van der Waals surface area contributed by atoms with Crippen LogP contribution in [0.15, 0.2) is 47.6 Å². The van der Waals surface area contributed by atoms with Gasteiger partial charge in [0.25, 0.3) is 0 Å². The van der Waals surface area contributed by atoms with E-state index in [9.17, 15) is 12.8 Å². The molecule has 0 fully saturated rings. The van der Waals surface area contributed by atoms with Gasteiger partial charge in [0.1, 0.15) is 5.82 Å². The van der Waals surface area contributed by atoms with E-state index < -0.39 is 9.84 Å². The van der Waals surface area contributed by atoms with Gasteiger partial charge in [0, 0.05) is 22.9 Å². The van der Waals surface area contributed by atoms with Gasteiger partial charge in [0.05, 0.1) is 5.69 Å². The highest BCUT2D eigenvalue weighted by Gasteiger charge is 2.18. The lowest BCUT2D eigenvalue weighted by atomic mass is 10.00. The van der Waals surface area contributed by atoms with Crippen LogP contribution in [0.25, 0.3) is 22.0 Å². The maximum absolute atomic E-state index is 14.0. The highest BCUT2D eigenvalue weighted by molar-refractivity contribution is 7.90. The number of hydrogen-bond donors (Lipinski definition) is 0. The summed E-state index contributed by atoms with van der Waals surface area (Å²) in [6.45, 7) is 3.86. The minimum atomic E-state index is -3.55. The van der Waals surface area contributed by atoms with Crippen LogP contribution >= 0.6 is 0 Å². The molecule has 0 saturated heterocycles. The third-order valence-electron chi connectivity index (χ3n) is 3.80. The summed E-state index contributed by atoms with van der Waals surface area (Å²) in [5.41, 5.74) is 1.79. The Hall–Kier alpha value is -2.34. The molecule has 0 radical (unpaired) electrons. The van der Waals surface area contributed by atoms with Crippen LogP contribution in [-0.4, -0.2) is 24.6 Å². The first-order valence-corrected chi connectivity index (χ1v) is 9.43. The summed E-state index contributed by atoms with van der Waals surface area (Å²) in [6, 6.07) is 11.8. The molecule has 0 aliphatic rings. The molecule has 3 aromatic rings. The molecule has 1 aromatic heterocycles. The summed E-state index contributed by atoms with van der Waals surface area (Å²) in [7, 11) is -3.55. The van der Waals surface area contributed by atoms with Crippen LogP contribution in [0.2, 0.25) is 0 Å². The lowest BCUT2D eigenvalue weighted by Crippen LogP contribution is -2.08. The Kier molecular flexibility index (Phi) is 4.09. The average molecular weight is 345 g/mol. The molecule has 0 aliphatic carbocycles.